The fourth-order valence-electron chi connectivity index (χ4n) is 2.03. The number of hydrogen-bond acceptors (Lipinski definition) is 5. The molecule has 0 aliphatic rings. The molecule has 1 aromatic carbocycles. The van der Waals surface area contributed by atoms with Gasteiger partial charge in [0.1, 0.15) is 4.90 Å². The maximum absolute atomic E-state index is 12.2. The van der Waals surface area contributed by atoms with Crippen LogP contribution in [0.25, 0.3) is 0 Å². The zero-order chi connectivity index (χ0) is 16.3. The van der Waals surface area contributed by atoms with Crippen molar-refractivity contribution < 1.29 is 13.5 Å². The molecule has 0 aliphatic heterocycles. The number of aliphatic hydroxyl groups is 1. The Morgan fingerprint density at radius 3 is 2.52 bits per heavy atom. The first-order chi connectivity index (χ1) is 9.62. The summed E-state index contributed by atoms with van der Waals surface area (Å²) in [7, 11) is -0.670. The monoisotopic (exact) mass is 315 g/mol. The van der Waals surface area contributed by atoms with Crippen molar-refractivity contribution >= 4 is 21.4 Å². The number of anilines is 2. The lowest BCUT2D eigenvalue weighted by atomic mass is 10.0. The summed E-state index contributed by atoms with van der Waals surface area (Å²) in [5.41, 5.74) is 5.77. The summed E-state index contributed by atoms with van der Waals surface area (Å²) >= 11 is 0. The van der Waals surface area contributed by atoms with Crippen molar-refractivity contribution in [2.75, 3.05) is 31.7 Å². The number of sulfonamides is 1. The first kappa shape index (κ1) is 17.7. The summed E-state index contributed by atoms with van der Waals surface area (Å²) in [5, 5.41) is 13.2. The van der Waals surface area contributed by atoms with Crippen LogP contribution in [-0.4, -0.2) is 44.1 Å². The summed E-state index contributed by atoms with van der Waals surface area (Å²) in [5.74, 6) is 0. The third-order valence-corrected chi connectivity index (χ3v) is 5.15. The smallest absolute Gasteiger partial charge is 0.244 e. The molecular weight excluding hydrogens is 290 g/mol. The molecule has 4 N–H and O–H groups in total. The van der Waals surface area contributed by atoms with Gasteiger partial charge in [0.2, 0.25) is 10.0 Å². The van der Waals surface area contributed by atoms with Crippen molar-refractivity contribution in [1.82, 2.24) is 4.31 Å². The summed E-state index contributed by atoms with van der Waals surface area (Å²) in [4.78, 5) is 0.0626. The predicted molar refractivity (Wildman–Crippen MR) is 85.7 cm³/mol. The highest BCUT2D eigenvalue weighted by Crippen LogP contribution is 2.28. The summed E-state index contributed by atoms with van der Waals surface area (Å²) in [6.07, 6.45) is 1.51. The fraction of sp³-hybridized carbons (Fsp3) is 0.571. The fourth-order valence-corrected chi connectivity index (χ4v) is 3.06. The van der Waals surface area contributed by atoms with Gasteiger partial charge in [0.15, 0.2) is 0 Å². The normalized spacial score (nSPS) is 15.0. The van der Waals surface area contributed by atoms with Crippen LogP contribution in [0.5, 0.6) is 0 Å². The van der Waals surface area contributed by atoms with E-state index in [1.54, 1.807) is 19.1 Å². The average Bonchev–Trinajstić information content (AvgIpc) is 2.37. The molecule has 0 aliphatic carbocycles. The van der Waals surface area contributed by atoms with Gasteiger partial charge in [0, 0.05) is 20.6 Å². The molecule has 0 radical (unpaired) electrons. The van der Waals surface area contributed by atoms with E-state index in [1.165, 1.54) is 20.2 Å². The lowest BCUT2D eigenvalue weighted by Crippen LogP contribution is -2.33. The second-order valence-electron chi connectivity index (χ2n) is 5.61. The average molecular weight is 315 g/mol. The lowest BCUT2D eigenvalue weighted by Gasteiger charge is -2.24. The van der Waals surface area contributed by atoms with Gasteiger partial charge in [-0.05, 0) is 25.5 Å². The molecule has 120 valence electrons. The number of benzene rings is 1. The molecule has 0 aromatic heterocycles. The number of nitrogens with two attached hydrogens (primary N) is 1. The second kappa shape index (κ2) is 6.64. The zero-order valence-electron chi connectivity index (χ0n) is 13.0. The van der Waals surface area contributed by atoms with Gasteiger partial charge in [0.25, 0.3) is 0 Å². The third-order valence-electron chi connectivity index (χ3n) is 3.27. The zero-order valence-corrected chi connectivity index (χ0v) is 13.9. The molecule has 0 bridgehead atoms. The van der Waals surface area contributed by atoms with Gasteiger partial charge in [-0.1, -0.05) is 19.4 Å². The molecule has 1 unspecified atom stereocenters. The molecule has 1 rings (SSSR count). The van der Waals surface area contributed by atoms with E-state index in [0.717, 1.165) is 10.7 Å². The second-order valence-corrected chi connectivity index (χ2v) is 7.73. The van der Waals surface area contributed by atoms with Crippen molar-refractivity contribution in [1.29, 1.82) is 0 Å². The molecular formula is C14H25N3O3S. The van der Waals surface area contributed by atoms with Crippen molar-refractivity contribution in [3.63, 3.8) is 0 Å². The van der Waals surface area contributed by atoms with Gasteiger partial charge in [-0.3, -0.25) is 0 Å². The third kappa shape index (κ3) is 4.33. The van der Waals surface area contributed by atoms with Crippen LogP contribution < -0.4 is 11.1 Å². The Hall–Kier alpha value is -1.31. The highest BCUT2D eigenvalue weighted by Gasteiger charge is 2.23. The minimum absolute atomic E-state index is 0.0626. The number of nitrogens with one attached hydrogen (secondary N) is 1. The van der Waals surface area contributed by atoms with Crippen LogP contribution in [0.1, 0.15) is 26.7 Å². The molecule has 6 nitrogen and oxygen atoms in total. The van der Waals surface area contributed by atoms with Gasteiger partial charge in [-0.25, -0.2) is 12.7 Å². The Labute approximate surface area is 127 Å². The number of hydrogen-bond donors (Lipinski definition) is 3. The maximum Gasteiger partial charge on any atom is 0.244 e. The largest absolute Gasteiger partial charge is 0.396 e. The van der Waals surface area contributed by atoms with Crippen LogP contribution in [0, 0.1) is 0 Å². The van der Waals surface area contributed by atoms with E-state index in [0.29, 0.717) is 18.7 Å². The number of nitrogen functional groups attached to an aromatic ring is 1. The van der Waals surface area contributed by atoms with E-state index < -0.39 is 15.6 Å². The van der Waals surface area contributed by atoms with Crippen LogP contribution in [-0.2, 0) is 10.0 Å². The minimum Gasteiger partial charge on any atom is -0.396 e. The predicted octanol–water partition coefficient (Wildman–Crippen LogP) is 1.48. The van der Waals surface area contributed by atoms with Crippen LogP contribution in [0.2, 0.25) is 0 Å². The Bertz CT molecular complexity index is 583. The summed E-state index contributed by atoms with van der Waals surface area (Å²) in [6.45, 7) is 4.03. The molecule has 0 heterocycles. The number of rotatable bonds is 7. The van der Waals surface area contributed by atoms with E-state index in [1.807, 2.05) is 6.92 Å². The quantitative estimate of drug-likeness (QED) is 0.662. The Morgan fingerprint density at radius 2 is 2.00 bits per heavy atom. The van der Waals surface area contributed by atoms with Crippen LogP contribution in [0.15, 0.2) is 23.1 Å². The highest BCUT2D eigenvalue weighted by molar-refractivity contribution is 7.89. The topological polar surface area (TPSA) is 95.7 Å². The molecule has 0 saturated carbocycles. The first-order valence-electron chi connectivity index (χ1n) is 6.89. The molecule has 7 heteroatoms. The van der Waals surface area contributed by atoms with Gasteiger partial charge in [-0.2, -0.15) is 0 Å². The Balaban J connectivity index is 3.03. The van der Waals surface area contributed by atoms with Crippen LogP contribution in [0.3, 0.4) is 0 Å². The standard InChI is InChI=1S/C14H25N3O3S/c1-5-9-14(2,18)10-16-11-7-6-8-12(13(11)15)21(19,20)17(3)4/h6-8,16,18H,5,9-10,15H2,1-4H3. The van der Waals surface area contributed by atoms with Gasteiger partial charge >= 0.3 is 0 Å². The van der Waals surface area contributed by atoms with Crippen LogP contribution in [0.4, 0.5) is 11.4 Å². The first-order valence-corrected chi connectivity index (χ1v) is 8.33. The molecule has 0 fully saturated rings. The van der Waals surface area contributed by atoms with E-state index in [2.05, 4.69) is 5.32 Å². The molecule has 1 atom stereocenters. The minimum atomic E-state index is -3.59. The van der Waals surface area contributed by atoms with Gasteiger partial charge in [0.05, 0.1) is 17.0 Å². The molecule has 21 heavy (non-hydrogen) atoms. The lowest BCUT2D eigenvalue weighted by molar-refractivity contribution is 0.0637. The Kier molecular flexibility index (Phi) is 5.61. The van der Waals surface area contributed by atoms with Crippen molar-refractivity contribution in [3.05, 3.63) is 18.2 Å². The van der Waals surface area contributed by atoms with Gasteiger partial charge < -0.3 is 16.2 Å². The summed E-state index contributed by atoms with van der Waals surface area (Å²) < 4.78 is 25.5. The number of nitrogens with zero attached hydrogens (tertiary/aromatic N) is 1. The summed E-state index contributed by atoms with van der Waals surface area (Å²) in [6, 6.07) is 4.80. The van der Waals surface area contributed by atoms with E-state index >= 15 is 0 Å². The van der Waals surface area contributed by atoms with Crippen molar-refractivity contribution in [2.24, 2.45) is 0 Å². The number of para-hydroxylation sites is 1. The van der Waals surface area contributed by atoms with Crippen molar-refractivity contribution in [2.45, 2.75) is 37.2 Å². The highest BCUT2D eigenvalue weighted by atomic mass is 32.2. The molecule has 0 amide bonds. The molecule has 1 aromatic rings. The Morgan fingerprint density at radius 1 is 1.38 bits per heavy atom. The van der Waals surface area contributed by atoms with Gasteiger partial charge in [-0.15, -0.1) is 0 Å². The van der Waals surface area contributed by atoms with E-state index in [9.17, 15) is 13.5 Å². The van der Waals surface area contributed by atoms with Crippen molar-refractivity contribution in [3.8, 4) is 0 Å². The SMILES string of the molecule is CCCC(C)(O)CNc1cccc(S(=O)(=O)N(C)C)c1N. The van der Waals surface area contributed by atoms with E-state index in [-0.39, 0.29) is 10.6 Å². The molecule has 0 spiro atoms. The maximum atomic E-state index is 12.2. The molecule has 0 saturated heterocycles. The van der Waals surface area contributed by atoms with E-state index in [4.69, 9.17) is 5.73 Å². The van der Waals surface area contributed by atoms with Crippen LogP contribution >= 0.6 is 0 Å².